The number of amides is 1. The average molecular weight is 374 g/mol. The molecular weight excluding hydrogens is 356 g/mol. The molecule has 1 aliphatic heterocycles. The second kappa shape index (κ2) is 8.25. The van der Waals surface area contributed by atoms with E-state index in [9.17, 15) is 14.9 Å². The van der Waals surface area contributed by atoms with E-state index in [1.165, 1.54) is 12.1 Å². The van der Waals surface area contributed by atoms with Gasteiger partial charge in [0, 0.05) is 24.8 Å². The molecule has 27 heavy (non-hydrogen) atoms. The van der Waals surface area contributed by atoms with Gasteiger partial charge in [-0.2, -0.15) is 10.1 Å². The second-order valence-corrected chi connectivity index (χ2v) is 5.86. The molecule has 2 aromatic rings. The molecule has 1 N–H and O–H groups in total. The molecule has 1 aliphatic rings. The maximum Gasteiger partial charge on any atom is 0.433 e. The Bertz CT molecular complexity index is 859. The Kier molecular flexibility index (Phi) is 5.59. The van der Waals surface area contributed by atoms with Gasteiger partial charge in [0.1, 0.15) is 4.92 Å². The second-order valence-electron chi connectivity index (χ2n) is 5.86. The number of carbonyl (C=O) groups is 1. The SMILES string of the molecule is Cc1cc(OCC(=O)NN=Cc2ccc([N+](=O)[O-])o2)nc(N2CCCC2)n1. The van der Waals surface area contributed by atoms with E-state index < -0.39 is 16.7 Å². The zero-order chi connectivity index (χ0) is 19.2. The molecule has 142 valence electrons. The Morgan fingerprint density at radius 1 is 1.44 bits per heavy atom. The van der Waals surface area contributed by atoms with E-state index in [1.807, 2.05) is 6.92 Å². The number of nitrogens with zero attached hydrogens (tertiary/aromatic N) is 5. The van der Waals surface area contributed by atoms with Crippen molar-refractivity contribution in [1.29, 1.82) is 0 Å². The smallest absolute Gasteiger partial charge is 0.433 e. The first-order valence-electron chi connectivity index (χ1n) is 8.31. The average Bonchev–Trinajstić information content (AvgIpc) is 3.31. The monoisotopic (exact) mass is 374 g/mol. The van der Waals surface area contributed by atoms with Crippen molar-refractivity contribution in [1.82, 2.24) is 15.4 Å². The molecule has 11 heteroatoms. The summed E-state index contributed by atoms with van der Waals surface area (Å²) in [6, 6.07) is 4.22. The Morgan fingerprint density at radius 2 is 2.22 bits per heavy atom. The molecule has 0 radical (unpaired) electrons. The predicted octanol–water partition coefficient (Wildman–Crippen LogP) is 1.42. The molecule has 0 aromatic carbocycles. The molecule has 3 heterocycles. The number of hydrogen-bond acceptors (Lipinski definition) is 9. The van der Waals surface area contributed by atoms with Crippen molar-refractivity contribution in [3.63, 3.8) is 0 Å². The van der Waals surface area contributed by atoms with Gasteiger partial charge in [0.2, 0.25) is 11.8 Å². The standard InChI is InChI=1S/C16H18N6O5/c1-11-8-14(19-16(18-11)21-6-2-3-7-21)26-10-13(23)20-17-9-12-4-5-15(27-12)22(24)25/h4-5,8-9H,2-3,6-7,10H2,1H3,(H,20,23). The fraction of sp³-hybridized carbons (Fsp3) is 0.375. The normalized spacial score (nSPS) is 13.9. The minimum atomic E-state index is -0.663. The van der Waals surface area contributed by atoms with Crippen LogP contribution in [0.25, 0.3) is 0 Å². The van der Waals surface area contributed by atoms with Gasteiger partial charge in [0.05, 0.1) is 12.3 Å². The van der Waals surface area contributed by atoms with E-state index >= 15 is 0 Å². The molecule has 1 fully saturated rings. The lowest BCUT2D eigenvalue weighted by molar-refractivity contribution is -0.402. The third-order valence-electron chi connectivity index (χ3n) is 3.73. The van der Waals surface area contributed by atoms with Gasteiger partial charge in [0.15, 0.2) is 12.4 Å². The van der Waals surface area contributed by atoms with Crippen molar-refractivity contribution in [2.45, 2.75) is 19.8 Å². The van der Waals surface area contributed by atoms with Crippen molar-refractivity contribution < 1.29 is 18.9 Å². The number of furan rings is 1. The number of hydrazone groups is 1. The summed E-state index contributed by atoms with van der Waals surface area (Å²) in [4.78, 5) is 32.5. The van der Waals surface area contributed by atoms with Gasteiger partial charge in [-0.3, -0.25) is 14.9 Å². The van der Waals surface area contributed by atoms with Crippen LogP contribution in [0.1, 0.15) is 24.3 Å². The largest absolute Gasteiger partial charge is 0.467 e. The number of nitro groups is 1. The van der Waals surface area contributed by atoms with Gasteiger partial charge in [-0.05, 0) is 25.8 Å². The van der Waals surface area contributed by atoms with E-state index in [0.29, 0.717) is 11.8 Å². The van der Waals surface area contributed by atoms with Crippen LogP contribution in [0, 0.1) is 17.0 Å². The van der Waals surface area contributed by atoms with Crippen LogP contribution in [0.4, 0.5) is 11.8 Å². The number of aryl methyl sites for hydroxylation is 1. The third-order valence-corrected chi connectivity index (χ3v) is 3.73. The van der Waals surface area contributed by atoms with Gasteiger partial charge in [0.25, 0.3) is 5.91 Å². The van der Waals surface area contributed by atoms with Gasteiger partial charge >= 0.3 is 5.88 Å². The van der Waals surface area contributed by atoms with Crippen molar-refractivity contribution in [2.75, 3.05) is 24.6 Å². The van der Waals surface area contributed by atoms with Crippen LogP contribution < -0.4 is 15.1 Å². The molecule has 2 aromatic heterocycles. The number of hydrogen-bond donors (Lipinski definition) is 1. The van der Waals surface area contributed by atoms with E-state index in [2.05, 4.69) is 25.4 Å². The zero-order valence-corrected chi connectivity index (χ0v) is 14.6. The molecular formula is C16H18N6O5. The molecule has 0 spiro atoms. The molecule has 11 nitrogen and oxygen atoms in total. The lowest BCUT2D eigenvalue weighted by Crippen LogP contribution is -2.25. The summed E-state index contributed by atoms with van der Waals surface area (Å²) in [6.07, 6.45) is 3.37. The first kappa shape index (κ1) is 18.3. The fourth-order valence-electron chi connectivity index (χ4n) is 2.51. The van der Waals surface area contributed by atoms with Crippen LogP contribution in [0.3, 0.4) is 0 Å². The Morgan fingerprint density at radius 3 is 2.93 bits per heavy atom. The number of ether oxygens (including phenoxy) is 1. The fourth-order valence-corrected chi connectivity index (χ4v) is 2.51. The molecule has 0 atom stereocenters. The minimum Gasteiger partial charge on any atom is -0.467 e. The Balaban J connectivity index is 1.51. The van der Waals surface area contributed by atoms with E-state index in [1.54, 1.807) is 6.07 Å². The summed E-state index contributed by atoms with van der Waals surface area (Å²) in [5, 5.41) is 14.2. The van der Waals surface area contributed by atoms with Crippen LogP contribution in [-0.2, 0) is 4.79 Å². The minimum absolute atomic E-state index is 0.143. The highest BCUT2D eigenvalue weighted by Gasteiger charge is 2.16. The summed E-state index contributed by atoms with van der Waals surface area (Å²) in [6.45, 7) is 3.36. The first-order chi connectivity index (χ1) is 13.0. The van der Waals surface area contributed by atoms with Crippen molar-refractivity contribution >= 4 is 24.0 Å². The van der Waals surface area contributed by atoms with Crippen LogP contribution in [0.5, 0.6) is 5.88 Å². The van der Waals surface area contributed by atoms with Gasteiger partial charge in [-0.1, -0.05) is 0 Å². The quantitative estimate of drug-likeness (QED) is 0.436. The number of nitrogens with one attached hydrogen (secondary N) is 1. The van der Waals surface area contributed by atoms with Crippen molar-refractivity contribution in [3.8, 4) is 5.88 Å². The number of anilines is 1. The summed E-state index contributed by atoms with van der Waals surface area (Å²) in [5.74, 6) is 0.139. The van der Waals surface area contributed by atoms with Crippen molar-refractivity contribution in [2.24, 2.45) is 5.10 Å². The first-order valence-corrected chi connectivity index (χ1v) is 8.31. The summed E-state index contributed by atoms with van der Waals surface area (Å²) >= 11 is 0. The number of aromatic nitrogens is 2. The molecule has 0 saturated carbocycles. The molecule has 3 rings (SSSR count). The van der Waals surface area contributed by atoms with E-state index in [-0.39, 0.29) is 12.4 Å². The Hall–Kier alpha value is -3.50. The highest BCUT2D eigenvalue weighted by molar-refractivity contribution is 5.81. The van der Waals surface area contributed by atoms with E-state index in [4.69, 9.17) is 9.15 Å². The van der Waals surface area contributed by atoms with Gasteiger partial charge in [-0.25, -0.2) is 10.4 Å². The lowest BCUT2D eigenvalue weighted by atomic mass is 10.4. The maximum absolute atomic E-state index is 11.8. The van der Waals surface area contributed by atoms with E-state index in [0.717, 1.165) is 37.8 Å². The van der Waals surface area contributed by atoms with Gasteiger partial charge < -0.3 is 14.1 Å². The summed E-state index contributed by atoms with van der Waals surface area (Å²) in [7, 11) is 0. The highest BCUT2D eigenvalue weighted by Crippen LogP contribution is 2.19. The highest BCUT2D eigenvalue weighted by atomic mass is 16.6. The van der Waals surface area contributed by atoms with Gasteiger partial charge in [-0.15, -0.1) is 0 Å². The third kappa shape index (κ3) is 5.00. The lowest BCUT2D eigenvalue weighted by Gasteiger charge is -2.16. The Labute approximate surface area is 154 Å². The summed E-state index contributed by atoms with van der Waals surface area (Å²) in [5.41, 5.74) is 3.00. The molecule has 0 bridgehead atoms. The number of carbonyl (C=O) groups excluding carboxylic acids is 1. The molecule has 1 amide bonds. The maximum atomic E-state index is 11.8. The number of rotatable bonds is 7. The predicted molar refractivity (Wildman–Crippen MR) is 94.8 cm³/mol. The van der Waals surface area contributed by atoms with Crippen LogP contribution in [0.2, 0.25) is 0 Å². The molecule has 0 unspecified atom stereocenters. The topological polar surface area (TPSA) is 136 Å². The van der Waals surface area contributed by atoms with Crippen LogP contribution in [0.15, 0.2) is 27.7 Å². The zero-order valence-electron chi connectivity index (χ0n) is 14.6. The molecule has 0 aliphatic carbocycles. The van der Waals surface area contributed by atoms with Crippen molar-refractivity contribution in [3.05, 3.63) is 39.8 Å². The van der Waals surface area contributed by atoms with Crippen LogP contribution in [-0.4, -0.2) is 46.7 Å². The van der Waals surface area contributed by atoms with Crippen LogP contribution >= 0.6 is 0 Å². The summed E-state index contributed by atoms with van der Waals surface area (Å²) < 4.78 is 10.3. The molecule has 1 saturated heterocycles.